The number of piperazine rings is 1. The molecule has 166 valence electrons. The molecule has 2 aromatic rings. The monoisotopic (exact) mass is 423 g/mol. The SMILES string of the molecule is CCC(=O)N1CCCc2cc(C(O)CN3CCN(c4cccc(OC)c4)CC3)ccc21. The summed E-state index contributed by atoms with van der Waals surface area (Å²) in [6.45, 7) is 7.01. The quantitative estimate of drug-likeness (QED) is 0.773. The molecule has 6 heteroatoms. The summed E-state index contributed by atoms with van der Waals surface area (Å²) in [6, 6.07) is 14.3. The maximum Gasteiger partial charge on any atom is 0.226 e. The van der Waals surface area contributed by atoms with Gasteiger partial charge in [0.25, 0.3) is 0 Å². The minimum absolute atomic E-state index is 0.170. The third kappa shape index (κ3) is 4.86. The van der Waals surface area contributed by atoms with E-state index in [0.29, 0.717) is 13.0 Å². The van der Waals surface area contributed by atoms with Crippen LogP contribution in [-0.2, 0) is 11.2 Å². The van der Waals surface area contributed by atoms with E-state index in [-0.39, 0.29) is 5.91 Å². The van der Waals surface area contributed by atoms with Crippen molar-refractivity contribution in [2.45, 2.75) is 32.3 Å². The van der Waals surface area contributed by atoms with Gasteiger partial charge in [0.1, 0.15) is 5.75 Å². The molecule has 6 nitrogen and oxygen atoms in total. The zero-order chi connectivity index (χ0) is 21.8. The van der Waals surface area contributed by atoms with E-state index in [2.05, 4.69) is 28.0 Å². The molecule has 0 spiro atoms. The Hall–Kier alpha value is -2.57. The number of aryl methyl sites for hydroxylation is 1. The van der Waals surface area contributed by atoms with E-state index in [1.165, 1.54) is 11.3 Å². The van der Waals surface area contributed by atoms with E-state index >= 15 is 0 Å². The molecular weight excluding hydrogens is 390 g/mol. The van der Waals surface area contributed by atoms with Gasteiger partial charge in [0, 0.05) is 63.1 Å². The minimum Gasteiger partial charge on any atom is -0.497 e. The third-order valence-electron chi connectivity index (χ3n) is 6.43. The van der Waals surface area contributed by atoms with Crippen molar-refractivity contribution >= 4 is 17.3 Å². The van der Waals surface area contributed by atoms with Crippen molar-refractivity contribution in [2.24, 2.45) is 0 Å². The smallest absolute Gasteiger partial charge is 0.226 e. The van der Waals surface area contributed by atoms with Gasteiger partial charge in [-0.1, -0.05) is 25.1 Å². The molecule has 0 saturated carbocycles. The van der Waals surface area contributed by atoms with Crippen LogP contribution in [0.3, 0.4) is 0 Å². The Balaban J connectivity index is 1.36. The number of ether oxygens (including phenoxy) is 1. The van der Waals surface area contributed by atoms with Crippen molar-refractivity contribution in [1.82, 2.24) is 4.90 Å². The van der Waals surface area contributed by atoms with Gasteiger partial charge in [0.05, 0.1) is 13.2 Å². The van der Waals surface area contributed by atoms with Crippen molar-refractivity contribution in [2.75, 3.05) is 56.2 Å². The standard InChI is InChI=1S/C25H33N3O3/c1-3-25(30)28-11-5-6-19-16-20(9-10-23(19)28)24(29)18-26-12-14-27(15-13-26)21-7-4-8-22(17-21)31-2/h4,7-10,16-17,24,29H,3,5-6,11-15,18H2,1-2H3. The summed E-state index contributed by atoms with van der Waals surface area (Å²) in [5, 5.41) is 10.9. The second kappa shape index (κ2) is 9.71. The van der Waals surface area contributed by atoms with E-state index in [0.717, 1.165) is 62.6 Å². The fourth-order valence-electron chi connectivity index (χ4n) is 4.62. The fourth-order valence-corrected chi connectivity index (χ4v) is 4.62. The first-order valence-electron chi connectivity index (χ1n) is 11.3. The highest BCUT2D eigenvalue weighted by Gasteiger charge is 2.24. The second-order valence-electron chi connectivity index (χ2n) is 8.40. The second-order valence-corrected chi connectivity index (χ2v) is 8.40. The highest BCUT2D eigenvalue weighted by Crippen LogP contribution is 2.31. The number of hydrogen-bond acceptors (Lipinski definition) is 5. The first-order valence-corrected chi connectivity index (χ1v) is 11.3. The molecular formula is C25H33N3O3. The van der Waals surface area contributed by atoms with Gasteiger partial charge >= 0.3 is 0 Å². The molecule has 2 aliphatic heterocycles. The van der Waals surface area contributed by atoms with Gasteiger partial charge < -0.3 is 19.6 Å². The molecule has 31 heavy (non-hydrogen) atoms. The summed E-state index contributed by atoms with van der Waals surface area (Å²) in [4.78, 5) is 18.8. The molecule has 1 atom stereocenters. The van der Waals surface area contributed by atoms with Crippen LogP contribution in [0.15, 0.2) is 42.5 Å². The van der Waals surface area contributed by atoms with E-state index in [9.17, 15) is 9.90 Å². The summed E-state index contributed by atoms with van der Waals surface area (Å²) in [6.07, 6.45) is 1.93. The maximum absolute atomic E-state index is 12.2. The van der Waals surface area contributed by atoms with Crippen molar-refractivity contribution in [3.8, 4) is 5.75 Å². The van der Waals surface area contributed by atoms with Gasteiger partial charge in [0.15, 0.2) is 0 Å². The van der Waals surface area contributed by atoms with Crippen LogP contribution in [0.25, 0.3) is 0 Å². The predicted molar refractivity (Wildman–Crippen MR) is 124 cm³/mol. The normalized spacial score (nSPS) is 17.9. The number of methoxy groups -OCH3 is 1. The average Bonchev–Trinajstić information content (AvgIpc) is 2.83. The average molecular weight is 424 g/mol. The zero-order valence-electron chi connectivity index (χ0n) is 18.6. The molecule has 0 bridgehead atoms. The first kappa shape index (κ1) is 21.7. The molecule has 0 radical (unpaired) electrons. The Kier molecular flexibility index (Phi) is 6.78. The molecule has 2 heterocycles. The maximum atomic E-state index is 12.2. The highest BCUT2D eigenvalue weighted by atomic mass is 16.5. The third-order valence-corrected chi connectivity index (χ3v) is 6.43. The lowest BCUT2D eigenvalue weighted by Crippen LogP contribution is -2.47. The van der Waals surface area contributed by atoms with Gasteiger partial charge in [-0.3, -0.25) is 9.69 Å². The first-order chi connectivity index (χ1) is 15.1. The van der Waals surface area contributed by atoms with Crippen LogP contribution in [0.5, 0.6) is 5.75 Å². The molecule has 0 aliphatic carbocycles. The number of nitrogens with zero attached hydrogens (tertiary/aromatic N) is 3. The van der Waals surface area contributed by atoms with Crippen molar-refractivity contribution in [1.29, 1.82) is 0 Å². The van der Waals surface area contributed by atoms with Gasteiger partial charge in [-0.15, -0.1) is 0 Å². The Morgan fingerprint density at radius 3 is 2.65 bits per heavy atom. The minimum atomic E-state index is -0.522. The number of carbonyl (C=O) groups is 1. The molecule has 2 aliphatic rings. The number of benzene rings is 2. The Morgan fingerprint density at radius 1 is 1.10 bits per heavy atom. The topological polar surface area (TPSA) is 56.3 Å². The number of fused-ring (bicyclic) bond motifs is 1. The number of amides is 1. The Bertz CT molecular complexity index is 909. The van der Waals surface area contributed by atoms with Crippen LogP contribution in [0.4, 0.5) is 11.4 Å². The van der Waals surface area contributed by atoms with E-state index in [1.54, 1.807) is 7.11 Å². The van der Waals surface area contributed by atoms with E-state index in [4.69, 9.17) is 4.74 Å². The number of β-amino-alcohol motifs (C(OH)–C–C–N with tert-alkyl or cyclic N) is 1. The summed E-state index contributed by atoms with van der Waals surface area (Å²) in [5.74, 6) is 1.05. The number of hydrogen-bond donors (Lipinski definition) is 1. The summed E-state index contributed by atoms with van der Waals surface area (Å²) in [5.41, 5.74) is 4.31. The van der Waals surface area contributed by atoms with Crippen LogP contribution >= 0.6 is 0 Å². The molecule has 4 rings (SSSR count). The zero-order valence-corrected chi connectivity index (χ0v) is 18.6. The molecule has 1 N–H and O–H groups in total. The molecule has 1 fully saturated rings. The van der Waals surface area contributed by atoms with Gasteiger partial charge in [-0.25, -0.2) is 0 Å². The lowest BCUT2D eigenvalue weighted by atomic mass is 9.96. The molecule has 0 aromatic heterocycles. The van der Waals surface area contributed by atoms with E-state index < -0.39 is 6.10 Å². The lowest BCUT2D eigenvalue weighted by Gasteiger charge is -2.37. The number of rotatable bonds is 6. The Morgan fingerprint density at radius 2 is 1.90 bits per heavy atom. The molecule has 1 unspecified atom stereocenters. The lowest BCUT2D eigenvalue weighted by molar-refractivity contribution is -0.118. The van der Waals surface area contributed by atoms with Crippen LogP contribution in [0.1, 0.15) is 37.0 Å². The molecule has 1 saturated heterocycles. The Labute approximate surface area is 185 Å². The highest BCUT2D eigenvalue weighted by molar-refractivity contribution is 5.94. The van der Waals surface area contributed by atoms with Gasteiger partial charge in [-0.05, 0) is 42.2 Å². The summed E-state index contributed by atoms with van der Waals surface area (Å²) < 4.78 is 5.34. The van der Waals surface area contributed by atoms with Crippen molar-refractivity contribution in [3.05, 3.63) is 53.6 Å². The van der Waals surface area contributed by atoms with Crippen LogP contribution in [0.2, 0.25) is 0 Å². The number of aliphatic hydroxyl groups is 1. The van der Waals surface area contributed by atoms with Crippen molar-refractivity contribution in [3.63, 3.8) is 0 Å². The van der Waals surface area contributed by atoms with Crippen molar-refractivity contribution < 1.29 is 14.6 Å². The fraction of sp³-hybridized carbons (Fsp3) is 0.480. The largest absolute Gasteiger partial charge is 0.497 e. The molecule has 2 aromatic carbocycles. The number of aliphatic hydroxyl groups excluding tert-OH is 1. The number of anilines is 2. The number of carbonyl (C=O) groups excluding carboxylic acids is 1. The summed E-state index contributed by atoms with van der Waals surface area (Å²) >= 11 is 0. The van der Waals surface area contributed by atoms with E-state index in [1.807, 2.05) is 36.1 Å². The van der Waals surface area contributed by atoms with Gasteiger partial charge in [0.2, 0.25) is 5.91 Å². The van der Waals surface area contributed by atoms with Crippen LogP contribution in [0, 0.1) is 0 Å². The predicted octanol–water partition coefficient (Wildman–Crippen LogP) is 3.24. The van der Waals surface area contributed by atoms with Crippen LogP contribution in [-0.4, -0.2) is 62.3 Å². The van der Waals surface area contributed by atoms with Gasteiger partial charge in [-0.2, -0.15) is 0 Å². The summed E-state index contributed by atoms with van der Waals surface area (Å²) in [7, 11) is 1.69. The molecule has 1 amide bonds. The van der Waals surface area contributed by atoms with Crippen LogP contribution < -0.4 is 14.5 Å².